The Morgan fingerprint density at radius 1 is 1.00 bits per heavy atom. The van der Waals surface area contributed by atoms with E-state index in [0.29, 0.717) is 34.7 Å². The Bertz CT molecular complexity index is 919. The number of ether oxygens (including phenoxy) is 2. The summed E-state index contributed by atoms with van der Waals surface area (Å²) in [6, 6.07) is 10.7. The fourth-order valence-corrected chi connectivity index (χ4v) is 3.39. The minimum atomic E-state index is -0.946. The number of anilines is 1. The third kappa shape index (κ3) is 3.94. The first-order valence-corrected chi connectivity index (χ1v) is 9.37. The van der Waals surface area contributed by atoms with Gasteiger partial charge in [0.05, 0.1) is 31.0 Å². The number of nitrogens with zero attached hydrogens (tertiary/aromatic N) is 1. The van der Waals surface area contributed by atoms with E-state index in [1.807, 2.05) is 13.8 Å². The molecular weight excluding hydrogens is 372 g/mol. The highest BCUT2D eigenvalue weighted by molar-refractivity contribution is 6.23. The van der Waals surface area contributed by atoms with E-state index in [-0.39, 0.29) is 5.92 Å². The van der Waals surface area contributed by atoms with E-state index in [0.717, 1.165) is 4.90 Å². The van der Waals surface area contributed by atoms with E-state index < -0.39 is 23.8 Å². The van der Waals surface area contributed by atoms with Crippen LogP contribution in [-0.4, -0.2) is 42.9 Å². The van der Waals surface area contributed by atoms with Gasteiger partial charge in [-0.05, 0) is 36.6 Å². The Morgan fingerprint density at radius 3 is 2.14 bits per heavy atom. The molecule has 2 aromatic rings. The summed E-state index contributed by atoms with van der Waals surface area (Å²) in [7, 11) is 3.01. The lowest BCUT2D eigenvalue weighted by atomic mass is 10.0. The summed E-state index contributed by atoms with van der Waals surface area (Å²) in [4.78, 5) is 40.0. The van der Waals surface area contributed by atoms with Crippen molar-refractivity contribution in [3.8, 4) is 11.5 Å². The quantitative estimate of drug-likeness (QED) is 0.726. The molecule has 1 aliphatic rings. The number of benzene rings is 2. The number of carbonyl (C=O) groups excluding carboxylic acids is 3. The van der Waals surface area contributed by atoms with Crippen LogP contribution in [0.15, 0.2) is 42.5 Å². The number of amides is 3. The molecule has 0 bridgehead atoms. The lowest BCUT2D eigenvalue weighted by Crippen LogP contribution is -2.48. The highest BCUT2D eigenvalue weighted by atomic mass is 16.5. The molecular formula is C22H24N2O5. The van der Waals surface area contributed by atoms with Gasteiger partial charge in [-0.1, -0.05) is 26.0 Å². The van der Waals surface area contributed by atoms with Crippen LogP contribution in [0.4, 0.5) is 5.69 Å². The van der Waals surface area contributed by atoms with Crippen molar-refractivity contribution in [2.24, 2.45) is 5.92 Å². The van der Waals surface area contributed by atoms with Crippen LogP contribution in [0, 0.1) is 5.92 Å². The second kappa shape index (κ2) is 8.34. The van der Waals surface area contributed by atoms with Crippen molar-refractivity contribution >= 4 is 23.4 Å². The molecule has 7 heteroatoms. The largest absolute Gasteiger partial charge is 0.497 e. The lowest BCUT2D eigenvalue weighted by Gasteiger charge is -2.27. The molecule has 1 atom stereocenters. The van der Waals surface area contributed by atoms with E-state index in [1.165, 1.54) is 14.2 Å². The normalized spacial score (nSPS) is 14.0. The zero-order valence-electron chi connectivity index (χ0n) is 16.9. The van der Waals surface area contributed by atoms with Gasteiger partial charge < -0.3 is 14.8 Å². The third-order valence-corrected chi connectivity index (χ3v) is 4.80. The molecule has 1 heterocycles. The number of imide groups is 1. The van der Waals surface area contributed by atoms with Gasteiger partial charge in [0.1, 0.15) is 17.5 Å². The highest BCUT2D eigenvalue weighted by Gasteiger charge is 2.42. The van der Waals surface area contributed by atoms with Crippen LogP contribution in [0.2, 0.25) is 0 Å². The molecule has 7 nitrogen and oxygen atoms in total. The van der Waals surface area contributed by atoms with E-state index in [4.69, 9.17) is 9.47 Å². The maximum absolute atomic E-state index is 13.2. The van der Waals surface area contributed by atoms with Gasteiger partial charge in [-0.15, -0.1) is 0 Å². The van der Waals surface area contributed by atoms with Crippen molar-refractivity contribution in [3.63, 3.8) is 0 Å². The first kappa shape index (κ1) is 20.4. The Hall–Kier alpha value is -3.35. The molecule has 0 fully saturated rings. The van der Waals surface area contributed by atoms with Crippen LogP contribution < -0.4 is 14.8 Å². The van der Waals surface area contributed by atoms with Crippen molar-refractivity contribution in [2.75, 3.05) is 19.5 Å². The van der Waals surface area contributed by atoms with Gasteiger partial charge >= 0.3 is 0 Å². The maximum atomic E-state index is 13.2. The summed E-state index contributed by atoms with van der Waals surface area (Å²) in [5.41, 5.74) is 1.04. The number of nitrogens with one attached hydrogen (secondary N) is 1. The van der Waals surface area contributed by atoms with Crippen molar-refractivity contribution in [3.05, 3.63) is 53.6 Å². The predicted octanol–water partition coefficient (Wildman–Crippen LogP) is 3.35. The van der Waals surface area contributed by atoms with Crippen molar-refractivity contribution in [2.45, 2.75) is 26.3 Å². The average molecular weight is 396 g/mol. The monoisotopic (exact) mass is 396 g/mol. The minimum Gasteiger partial charge on any atom is -0.497 e. The Balaban J connectivity index is 1.93. The standard InChI is InChI=1S/C22H24N2O5/c1-13(2)11-18(24-21(26)15-7-5-6-8-16(15)22(24)27)20(25)23-17-12-14(28-3)9-10-19(17)29-4/h5-10,12-13,18H,11H2,1-4H3,(H,23,25)/t18-/m0/s1. The van der Waals surface area contributed by atoms with Crippen LogP contribution >= 0.6 is 0 Å². The average Bonchev–Trinajstić information content (AvgIpc) is 2.96. The summed E-state index contributed by atoms with van der Waals surface area (Å²) in [5, 5.41) is 2.80. The Morgan fingerprint density at radius 2 is 1.62 bits per heavy atom. The summed E-state index contributed by atoms with van der Waals surface area (Å²) >= 11 is 0. The Labute approximate surface area is 169 Å². The van der Waals surface area contributed by atoms with Crippen LogP contribution in [0.5, 0.6) is 11.5 Å². The number of hydrogen-bond donors (Lipinski definition) is 1. The van der Waals surface area contributed by atoms with Crippen LogP contribution in [0.25, 0.3) is 0 Å². The smallest absolute Gasteiger partial charge is 0.262 e. The van der Waals surface area contributed by atoms with Gasteiger partial charge in [0.2, 0.25) is 5.91 Å². The van der Waals surface area contributed by atoms with Gasteiger partial charge in [0.25, 0.3) is 11.8 Å². The number of carbonyl (C=O) groups is 3. The van der Waals surface area contributed by atoms with Crippen molar-refractivity contribution in [1.82, 2.24) is 4.90 Å². The molecule has 0 radical (unpaired) electrons. The fourth-order valence-electron chi connectivity index (χ4n) is 3.39. The fraction of sp³-hybridized carbons (Fsp3) is 0.318. The molecule has 0 aromatic heterocycles. The van der Waals surface area contributed by atoms with Gasteiger partial charge in [0.15, 0.2) is 0 Å². The summed E-state index contributed by atoms with van der Waals surface area (Å²) in [5.74, 6) is -0.290. The van der Waals surface area contributed by atoms with Gasteiger partial charge in [-0.3, -0.25) is 19.3 Å². The molecule has 0 unspecified atom stereocenters. The predicted molar refractivity (Wildman–Crippen MR) is 108 cm³/mol. The topological polar surface area (TPSA) is 84.9 Å². The van der Waals surface area contributed by atoms with E-state index in [9.17, 15) is 14.4 Å². The molecule has 1 aliphatic heterocycles. The molecule has 0 saturated carbocycles. The van der Waals surface area contributed by atoms with E-state index >= 15 is 0 Å². The lowest BCUT2D eigenvalue weighted by molar-refractivity contribution is -0.120. The second-order valence-electron chi connectivity index (χ2n) is 7.23. The minimum absolute atomic E-state index is 0.0854. The summed E-state index contributed by atoms with van der Waals surface area (Å²) < 4.78 is 10.5. The highest BCUT2D eigenvalue weighted by Crippen LogP contribution is 2.31. The van der Waals surface area contributed by atoms with Crippen molar-refractivity contribution < 1.29 is 23.9 Å². The molecule has 3 rings (SSSR count). The molecule has 0 saturated heterocycles. The number of hydrogen-bond acceptors (Lipinski definition) is 5. The second-order valence-corrected chi connectivity index (χ2v) is 7.23. The van der Waals surface area contributed by atoms with E-state index in [2.05, 4.69) is 5.32 Å². The molecule has 2 aromatic carbocycles. The first-order valence-electron chi connectivity index (χ1n) is 9.37. The van der Waals surface area contributed by atoms with Crippen LogP contribution in [-0.2, 0) is 4.79 Å². The van der Waals surface area contributed by atoms with Gasteiger partial charge in [0, 0.05) is 6.07 Å². The zero-order chi connectivity index (χ0) is 21.1. The van der Waals surface area contributed by atoms with Crippen LogP contribution in [0.3, 0.4) is 0 Å². The SMILES string of the molecule is COc1ccc(OC)c(NC(=O)[C@H](CC(C)C)N2C(=O)c3ccccc3C2=O)c1. The molecule has 152 valence electrons. The zero-order valence-corrected chi connectivity index (χ0v) is 16.9. The molecule has 3 amide bonds. The van der Waals surface area contributed by atoms with Gasteiger partial charge in [-0.25, -0.2) is 0 Å². The van der Waals surface area contributed by atoms with Crippen molar-refractivity contribution in [1.29, 1.82) is 0 Å². The van der Waals surface area contributed by atoms with Gasteiger partial charge in [-0.2, -0.15) is 0 Å². The number of fused-ring (bicyclic) bond motifs is 1. The van der Waals surface area contributed by atoms with Crippen LogP contribution in [0.1, 0.15) is 41.0 Å². The molecule has 0 spiro atoms. The number of methoxy groups -OCH3 is 2. The molecule has 0 aliphatic carbocycles. The first-order chi connectivity index (χ1) is 13.9. The maximum Gasteiger partial charge on any atom is 0.262 e. The van der Waals surface area contributed by atoms with E-state index in [1.54, 1.807) is 42.5 Å². The molecule has 29 heavy (non-hydrogen) atoms. The molecule has 1 N–H and O–H groups in total. The Kier molecular flexibility index (Phi) is 5.87. The number of rotatable bonds is 7. The summed E-state index contributed by atoms with van der Waals surface area (Å²) in [6.45, 7) is 3.87. The summed E-state index contributed by atoms with van der Waals surface area (Å²) in [6.07, 6.45) is 0.337. The third-order valence-electron chi connectivity index (χ3n) is 4.80.